The maximum Gasteiger partial charge on any atom is 0.0179 e. The summed E-state index contributed by atoms with van der Waals surface area (Å²) in [5.74, 6) is 6.81. The van der Waals surface area contributed by atoms with Gasteiger partial charge in [0.1, 0.15) is 0 Å². The van der Waals surface area contributed by atoms with Crippen molar-refractivity contribution >= 4 is 11.8 Å². The Hall–Kier alpha value is -0.0900. The summed E-state index contributed by atoms with van der Waals surface area (Å²) in [5.41, 5.74) is 0. The third kappa shape index (κ3) is 5.91. The molecule has 0 bridgehead atoms. The maximum absolute atomic E-state index is 3.61. The molecule has 0 N–H and O–H groups in total. The third-order valence-corrected chi connectivity index (χ3v) is 1.04. The molecule has 0 aromatic carbocycles. The quantitative estimate of drug-likeness (QED) is 0.389. The summed E-state index contributed by atoms with van der Waals surface area (Å²) in [6.45, 7) is 1.85. The second-order valence-corrected chi connectivity index (χ2v) is 1.90. The first-order valence-corrected chi connectivity index (χ1v) is 3.34. The van der Waals surface area contributed by atoms with Gasteiger partial charge in [0.25, 0.3) is 0 Å². The van der Waals surface area contributed by atoms with Crippen molar-refractivity contribution in [3.63, 3.8) is 0 Å². The van der Waals surface area contributed by atoms with Crippen LogP contribution in [0.3, 0.4) is 0 Å². The Balaban J connectivity index is 2.78. The lowest BCUT2D eigenvalue weighted by atomic mass is 10.5. The molecule has 0 nitrogen and oxygen atoms in total. The molecule has 0 amide bonds. The summed E-state index contributed by atoms with van der Waals surface area (Å²) in [5, 5.41) is 0. The molecule has 0 aromatic rings. The zero-order valence-electron chi connectivity index (χ0n) is 4.53. The van der Waals surface area contributed by atoms with E-state index < -0.39 is 0 Å². The van der Waals surface area contributed by atoms with Gasteiger partial charge in [-0.3, -0.25) is 0 Å². The predicted molar refractivity (Wildman–Crippen MR) is 35.9 cm³/mol. The fraction of sp³-hybridized carbons (Fsp3) is 0.500. The van der Waals surface area contributed by atoms with E-state index in [1.807, 2.05) is 6.92 Å². The number of thioether (sulfide) groups is 1. The van der Waals surface area contributed by atoms with Crippen LogP contribution in [0.1, 0.15) is 13.3 Å². The SMILES string of the molecule is [CH2]SCCC#CC. The Morgan fingerprint density at radius 1 is 1.71 bits per heavy atom. The molecule has 1 radical (unpaired) electrons. The summed E-state index contributed by atoms with van der Waals surface area (Å²) < 4.78 is 0. The highest BCUT2D eigenvalue weighted by molar-refractivity contribution is 8.00. The molecule has 0 aromatic heterocycles. The molecule has 0 spiro atoms. The molecule has 0 aliphatic carbocycles. The van der Waals surface area contributed by atoms with Crippen molar-refractivity contribution in [2.45, 2.75) is 13.3 Å². The van der Waals surface area contributed by atoms with Gasteiger partial charge in [-0.05, 0) is 6.92 Å². The van der Waals surface area contributed by atoms with Gasteiger partial charge >= 0.3 is 0 Å². The van der Waals surface area contributed by atoms with E-state index in [0.717, 1.165) is 12.2 Å². The van der Waals surface area contributed by atoms with E-state index in [1.165, 1.54) is 0 Å². The van der Waals surface area contributed by atoms with Crippen LogP contribution in [0.5, 0.6) is 0 Å². The molecular weight excluding hydrogens is 104 g/mol. The van der Waals surface area contributed by atoms with Crippen LogP contribution >= 0.6 is 11.8 Å². The lowest BCUT2D eigenvalue weighted by molar-refractivity contribution is 1.30. The molecular formula is C6H9S. The van der Waals surface area contributed by atoms with Gasteiger partial charge in [-0.15, -0.1) is 11.8 Å². The zero-order valence-corrected chi connectivity index (χ0v) is 5.35. The van der Waals surface area contributed by atoms with Crippen LogP contribution in [0.15, 0.2) is 0 Å². The van der Waals surface area contributed by atoms with Gasteiger partial charge in [0, 0.05) is 18.4 Å². The number of hydrogen-bond donors (Lipinski definition) is 0. The Morgan fingerprint density at radius 3 is 2.86 bits per heavy atom. The minimum Gasteiger partial charge on any atom is -0.160 e. The zero-order chi connectivity index (χ0) is 5.54. The summed E-state index contributed by atoms with van der Waals surface area (Å²) in [6.07, 6.45) is 4.58. The van der Waals surface area contributed by atoms with Gasteiger partial charge in [-0.1, -0.05) is 0 Å². The van der Waals surface area contributed by atoms with E-state index in [0.29, 0.717) is 0 Å². The van der Waals surface area contributed by atoms with Crippen molar-refractivity contribution < 1.29 is 0 Å². The second kappa shape index (κ2) is 5.91. The molecule has 0 aliphatic rings. The van der Waals surface area contributed by atoms with Crippen LogP contribution in [0.2, 0.25) is 0 Å². The highest BCUT2D eigenvalue weighted by atomic mass is 32.2. The van der Waals surface area contributed by atoms with E-state index in [2.05, 4.69) is 18.1 Å². The highest BCUT2D eigenvalue weighted by Crippen LogP contribution is 1.95. The average Bonchev–Trinajstić information content (AvgIpc) is 1.69. The van der Waals surface area contributed by atoms with Crippen molar-refractivity contribution in [2.75, 3.05) is 5.75 Å². The number of rotatable bonds is 2. The van der Waals surface area contributed by atoms with Gasteiger partial charge in [-0.2, -0.15) is 11.8 Å². The van der Waals surface area contributed by atoms with Crippen molar-refractivity contribution in [3.05, 3.63) is 6.26 Å². The second-order valence-electron chi connectivity index (χ2n) is 1.09. The lowest BCUT2D eigenvalue weighted by Crippen LogP contribution is -1.68. The van der Waals surface area contributed by atoms with Crippen molar-refractivity contribution in [3.8, 4) is 11.8 Å². The Labute approximate surface area is 49.7 Å². The normalized spacial score (nSPS) is 7.14. The van der Waals surface area contributed by atoms with Crippen LogP contribution < -0.4 is 0 Å². The minimum absolute atomic E-state index is 0.977. The van der Waals surface area contributed by atoms with Crippen LogP contribution in [0.4, 0.5) is 0 Å². The molecule has 0 saturated heterocycles. The Bertz CT molecular complexity index is 75.9. The maximum atomic E-state index is 3.61. The molecule has 7 heavy (non-hydrogen) atoms. The van der Waals surface area contributed by atoms with Crippen LogP contribution in [-0.4, -0.2) is 5.75 Å². The molecule has 0 atom stereocenters. The summed E-state index contributed by atoms with van der Waals surface area (Å²) in [6, 6.07) is 0. The molecule has 0 saturated carbocycles. The molecule has 39 valence electrons. The lowest BCUT2D eigenvalue weighted by Gasteiger charge is -1.81. The van der Waals surface area contributed by atoms with E-state index >= 15 is 0 Å². The van der Waals surface area contributed by atoms with Gasteiger partial charge < -0.3 is 0 Å². The van der Waals surface area contributed by atoms with Crippen molar-refractivity contribution in [2.24, 2.45) is 0 Å². The van der Waals surface area contributed by atoms with Crippen LogP contribution in [0.25, 0.3) is 0 Å². The minimum atomic E-state index is 0.977. The van der Waals surface area contributed by atoms with Gasteiger partial charge in [0.05, 0.1) is 0 Å². The summed E-state index contributed by atoms with van der Waals surface area (Å²) >= 11 is 1.59. The van der Waals surface area contributed by atoms with E-state index in [-0.39, 0.29) is 0 Å². The standard InChI is InChI=1S/C6H9S/c1-3-4-5-6-7-2/h2,5-6H2,1H3. The van der Waals surface area contributed by atoms with Crippen LogP contribution in [0, 0.1) is 18.1 Å². The fourth-order valence-electron chi connectivity index (χ4n) is 0.248. The van der Waals surface area contributed by atoms with Crippen molar-refractivity contribution in [1.82, 2.24) is 0 Å². The van der Waals surface area contributed by atoms with Gasteiger partial charge in [-0.25, -0.2) is 0 Å². The van der Waals surface area contributed by atoms with E-state index in [4.69, 9.17) is 0 Å². The van der Waals surface area contributed by atoms with Crippen LogP contribution in [-0.2, 0) is 0 Å². The fourth-order valence-corrected chi connectivity index (χ4v) is 0.495. The van der Waals surface area contributed by atoms with Gasteiger partial charge in [0.2, 0.25) is 0 Å². The largest absolute Gasteiger partial charge is 0.160 e. The average molecular weight is 113 g/mol. The first-order chi connectivity index (χ1) is 3.41. The molecule has 0 heterocycles. The third-order valence-electron chi connectivity index (χ3n) is 0.548. The van der Waals surface area contributed by atoms with E-state index in [1.54, 1.807) is 11.8 Å². The molecule has 0 rings (SSSR count). The topological polar surface area (TPSA) is 0 Å². The smallest absolute Gasteiger partial charge is 0.0179 e. The predicted octanol–water partition coefficient (Wildman–Crippen LogP) is 1.92. The first kappa shape index (κ1) is 6.91. The Morgan fingerprint density at radius 2 is 2.43 bits per heavy atom. The molecule has 0 aliphatic heterocycles. The molecule has 1 heteroatoms. The van der Waals surface area contributed by atoms with E-state index in [9.17, 15) is 0 Å². The van der Waals surface area contributed by atoms with Gasteiger partial charge in [0.15, 0.2) is 0 Å². The molecule has 0 unspecified atom stereocenters. The summed E-state index contributed by atoms with van der Waals surface area (Å²) in [4.78, 5) is 0. The molecule has 0 fully saturated rings. The first-order valence-electron chi connectivity index (χ1n) is 2.18. The summed E-state index contributed by atoms with van der Waals surface area (Å²) in [7, 11) is 0. The monoisotopic (exact) mass is 113 g/mol. The Kier molecular flexibility index (Phi) is 5.83. The number of hydrogen-bond acceptors (Lipinski definition) is 1. The highest BCUT2D eigenvalue weighted by Gasteiger charge is 1.72. The van der Waals surface area contributed by atoms with Crippen molar-refractivity contribution in [1.29, 1.82) is 0 Å².